The molecule has 0 spiro atoms. The van der Waals surface area contributed by atoms with Gasteiger partial charge in [-0.05, 0) is 11.6 Å². The van der Waals surface area contributed by atoms with E-state index in [1.54, 1.807) is 0 Å². The number of alkyl halides is 7. The minimum Gasteiger partial charge on any atom is -0.320 e. The van der Waals surface area contributed by atoms with Crippen molar-refractivity contribution >= 4 is 35.3 Å². The van der Waals surface area contributed by atoms with E-state index in [1.807, 2.05) is 0 Å². The van der Waals surface area contributed by atoms with Gasteiger partial charge >= 0.3 is 25.1 Å². The van der Waals surface area contributed by atoms with Crippen LogP contribution in [0.25, 0.3) is 0 Å². The molecular formula is C15H9BrF9O3PS. The van der Waals surface area contributed by atoms with Gasteiger partial charge in [0.15, 0.2) is 17.2 Å². The van der Waals surface area contributed by atoms with Gasteiger partial charge in [-0.3, -0.25) is 4.57 Å². The van der Waals surface area contributed by atoms with Crippen LogP contribution in [0.3, 0.4) is 0 Å². The number of hydrogen-bond acceptors (Lipinski definition) is 2. The van der Waals surface area contributed by atoms with Crippen LogP contribution in [0.1, 0.15) is 11.1 Å². The summed E-state index contributed by atoms with van der Waals surface area (Å²) in [6.07, 6.45) is -0.958. The highest BCUT2D eigenvalue weighted by Crippen LogP contribution is 2.60. The first kappa shape index (κ1) is 25.3. The molecule has 2 rings (SSSR count). The van der Waals surface area contributed by atoms with Gasteiger partial charge in [0.05, 0.1) is 5.57 Å². The predicted octanol–water partition coefficient (Wildman–Crippen LogP) is 6.57. The first-order valence-corrected chi connectivity index (χ1v) is 10.9. The average Bonchev–Trinajstić information content (AvgIpc) is 2.57. The molecule has 1 aromatic rings. The van der Waals surface area contributed by atoms with Crippen molar-refractivity contribution in [2.45, 2.75) is 28.8 Å². The Bertz CT molecular complexity index is 961. The molecule has 168 valence electrons. The second-order valence-electron chi connectivity index (χ2n) is 5.94. The number of rotatable bonds is 6. The SMILES string of the molecule is O=P(O)(O)C(F)(F)c1ccc(CSC(F)C2=C(F)C(F)=CC(F)(F)C2(F)F)cc1Br. The second-order valence-corrected chi connectivity index (χ2v) is 9.48. The largest absolute Gasteiger partial charge is 0.399 e. The van der Waals surface area contributed by atoms with Gasteiger partial charge in [0.2, 0.25) is 0 Å². The van der Waals surface area contributed by atoms with E-state index in [1.165, 1.54) is 0 Å². The fraction of sp³-hybridized carbons (Fsp3) is 0.333. The van der Waals surface area contributed by atoms with Gasteiger partial charge in [-0.2, -0.15) is 26.3 Å². The van der Waals surface area contributed by atoms with Crippen LogP contribution in [-0.2, 0) is 16.0 Å². The van der Waals surface area contributed by atoms with Crippen LogP contribution in [0.5, 0.6) is 0 Å². The Hall–Kier alpha value is -0.950. The molecule has 3 nitrogen and oxygen atoms in total. The van der Waals surface area contributed by atoms with Crippen molar-refractivity contribution in [2.75, 3.05) is 0 Å². The lowest BCUT2D eigenvalue weighted by molar-refractivity contribution is -0.161. The van der Waals surface area contributed by atoms with E-state index in [4.69, 9.17) is 9.79 Å². The maximum Gasteiger partial charge on any atom is 0.399 e. The third-order valence-corrected chi connectivity index (χ3v) is 6.51. The van der Waals surface area contributed by atoms with Crippen molar-refractivity contribution in [1.82, 2.24) is 0 Å². The highest BCUT2D eigenvalue weighted by molar-refractivity contribution is 9.10. The molecule has 15 heteroatoms. The van der Waals surface area contributed by atoms with Crippen LogP contribution in [0.4, 0.5) is 39.5 Å². The van der Waals surface area contributed by atoms with Crippen molar-refractivity contribution in [1.29, 1.82) is 0 Å². The number of hydrogen-bond donors (Lipinski definition) is 2. The Labute approximate surface area is 175 Å². The molecule has 0 amide bonds. The minimum absolute atomic E-state index is 0.0808. The smallest absolute Gasteiger partial charge is 0.320 e. The average molecular weight is 551 g/mol. The molecule has 1 unspecified atom stereocenters. The van der Waals surface area contributed by atoms with Gasteiger partial charge in [-0.15, -0.1) is 11.8 Å². The molecule has 0 saturated heterocycles. The predicted molar refractivity (Wildman–Crippen MR) is 93.5 cm³/mol. The fourth-order valence-electron chi connectivity index (χ4n) is 2.30. The molecule has 0 aromatic heterocycles. The lowest BCUT2D eigenvalue weighted by Crippen LogP contribution is -2.45. The van der Waals surface area contributed by atoms with E-state index in [0.717, 1.165) is 12.1 Å². The summed E-state index contributed by atoms with van der Waals surface area (Å²) in [7, 11) is -5.89. The third kappa shape index (κ3) is 4.47. The van der Waals surface area contributed by atoms with E-state index in [0.29, 0.717) is 6.07 Å². The van der Waals surface area contributed by atoms with Crippen molar-refractivity contribution in [2.24, 2.45) is 0 Å². The molecule has 0 heterocycles. The molecule has 1 aliphatic rings. The Morgan fingerprint density at radius 3 is 2.23 bits per heavy atom. The van der Waals surface area contributed by atoms with Gasteiger partial charge in [0.25, 0.3) is 0 Å². The maximum atomic E-state index is 14.2. The summed E-state index contributed by atoms with van der Waals surface area (Å²) in [6.45, 7) is 0. The maximum absolute atomic E-state index is 14.2. The summed E-state index contributed by atoms with van der Waals surface area (Å²) in [6, 6.07) is 2.25. The number of benzene rings is 1. The Kier molecular flexibility index (Phi) is 6.91. The quantitative estimate of drug-likeness (QED) is 0.311. The molecule has 0 fully saturated rings. The van der Waals surface area contributed by atoms with Gasteiger partial charge in [0.1, 0.15) is 0 Å². The molecule has 1 atom stereocenters. The molecule has 1 aromatic carbocycles. The van der Waals surface area contributed by atoms with Gasteiger partial charge < -0.3 is 9.79 Å². The summed E-state index contributed by atoms with van der Waals surface area (Å²) in [5.41, 5.74) is -11.3. The lowest BCUT2D eigenvalue weighted by Gasteiger charge is -2.31. The monoisotopic (exact) mass is 550 g/mol. The highest BCUT2D eigenvalue weighted by Gasteiger charge is 2.63. The van der Waals surface area contributed by atoms with Crippen molar-refractivity contribution in [3.63, 3.8) is 0 Å². The number of thioether (sulfide) groups is 1. The Morgan fingerprint density at radius 2 is 1.73 bits per heavy atom. The van der Waals surface area contributed by atoms with Crippen molar-refractivity contribution in [3.05, 3.63) is 57.1 Å². The van der Waals surface area contributed by atoms with Crippen LogP contribution < -0.4 is 0 Å². The van der Waals surface area contributed by atoms with E-state index >= 15 is 0 Å². The summed E-state index contributed by atoms with van der Waals surface area (Å²) in [5.74, 6) is -16.0. The topological polar surface area (TPSA) is 57.5 Å². The van der Waals surface area contributed by atoms with E-state index in [2.05, 4.69) is 15.9 Å². The van der Waals surface area contributed by atoms with E-state index in [-0.39, 0.29) is 17.3 Å². The zero-order valence-corrected chi connectivity index (χ0v) is 17.3. The summed E-state index contributed by atoms with van der Waals surface area (Å²) < 4.78 is 133. The fourth-order valence-corrected chi connectivity index (χ4v) is 4.58. The Balaban J connectivity index is 2.26. The van der Waals surface area contributed by atoms with Crippen LogP contribution in [0.2, 0.25) is 0 Å². The van der Waals surface area contributed by atoms with E-state index in [9.17, 15) is 44.1 Å². The lowest BCUT2D eigenvalue weighted by atomic mass is 9.96. The van der Waals surface area contributed by atoms with Gasteiger partial charge in [0, 0.05) is 21.9 Å². The molecule has 0 aliphatic heterocycles. The van der Waals surface area contributed by atoms with Crippen LogP contribution in [-0.4, -0.2) is 27.1 Å². The van der Waals surface area contributed by atoms with Crippen LogP contribution in [0, 0.1) is 0 Å². The van der Waals surface area contributed by atoms with Crippen molar-refractivity contribution < 1.29 is 53.9 Å². The first-order chi connectivity index (χ1) is 13.4. The first-order valence-electron chi connectivity index (χ1n) is 7.46. The molecule has 0 radical (unpaired) electrons. The summed E-state index contributed by atoms with van der Waals surface area (Å²) >= 11 is 2.48. The van der Waals surface area contributed by atoms with Gasteiger partial charge in [-0.25, -0.2) is 13.2 Å². The Morgan fingerprint density at radius 1 is 1.17 bits per heavy atom. The van der Waals surface area contributed by atoms with E-state index < -0.39 is 69.7 Å². The molecule has 30 heavy (non-hydrogen) atoms. The number of halogens is 10. The van der Waals surface area contributed by atoms with Crippen LogP contribution >= 0.6 is 35.3 Å². The number of allylic oxidation sites excluding steroid dienone is 3. The highest BCUT2D eigenvalue weighted by atomic mass is 79.9. The molecule has 0 saturated carbocycles. The minimum atomic E-state index is -5.89. The third-order valence-electron chi connectivity index (χ3n) is 3.86. The van der Waals surface area contributed by atoms with Gasteiger partial charge in [-0.1, -0.05) is 28.1 Å². The summed E-state index contributed by atoms with van der Waals surface area (Å²) in [5, 5.41) is 0. The standard InChI is InChI=1S/C15H9BrF9O3PS/c16-8-3-6(1-2-7(8)15(24,25)29(26,27)28)5-30-12(19)10-11(18)9(17)4-13(20,21)14(10,22)23/h1-4,12H,5H2,(H2,26,27,28). The molecule has 2 N–H and O–H groups in total. The van der Waals surface area contributed by atoms with Crippen molar-refractivity contribution in [3.8, 4) is 0 Å². The summed E-state index contributed by atoms with van der Waals surface area (Å²) in [4.78, 5) is 17.5. The molecule has 1 aliphatic carbocycles. The normalized spacial score (nSPS) is 20.2. The zero-order valence-electron chi connectivity index (χ0n) is 14.0. The molecule has 0 bridgehead atoms. The van der Waals surface area contributed by atoms with Crippen LogP contribution in [0.15, 0.2) is 46.0 Å². The zero-order chi connectivity index (χ0) is 23.3. The molecular weight excluding hydrogens is 542 g/mol. The second kappa shape index (κ2) is 8.19.